The van der Waals surface area contributed by atoms with Gasteiger partial charge in [-0.2, -0.15) is 0 Å². The Kier molecular flexibility index (Phi) is 57.6. The molecule has 522 valence electrons. The lowest BCUT2D eigenvalue weighted by molar-refractivity contribution is -0.161. The van der Waals surface area contributed by atoms with Crippen LogP contribution in [-0.2, 0) is 65.4 Å². The van der Waals surface area contributed by atoms with Crippen molar-refractivity contribution in [3.05, 3.63) is 0 Å². The number of hydrogen-bond donors (Lipinski definition) is 3. The smallest absolute Gasteiger partial charge is 0.462 e. The second-order valence-electron chi connectivity index (χ2n) is 26.6. The van der Waals surface area contributed by atoms with Gasteiger partial charge < -0.3 is 33.8 Å². The molecule has 0 aliphatic heterocycles. The Morgan fingerprint density at radius 1 is 0.318 bits per heavy atom. The molecule has 0 spiro atoms. The fourth-order valence-electron chi connectivity index (χ4n) is 10.3. The SMILES string of the molecule is CCC(C)CCCCCCCCCCCCC(=O)O[C@H](COC(=O)CCCCCCCCCCC(C)C)COP(=O)(O)OCC(O)COP(=O)(O)OC[C@@H](COC(=O)CCCCCCCCCCC(C)C)OC(=O)CCCCCCCCCCCC(C)C. The predicted molar refractivity (Wildman–Crippen MR) is 354 cm³/mol. The minimum atomic E-state index is -4.95. The average Bonchev–Trinajstić information content (AvgIpc) is 3.64. The average molecular weight is 1300 g/mol. The van der Waals surface area contributed by atoms with Gasteiger partial charge in [-0.3, -0.25) is 37.3 Å². The van der Waals surface area contributed by atoms with Crippen molar-refractivity contribution in [1.82, 2.24) is 0 Å². The molecule has 0 radical (unpaired) electrons. The highest BCUT2D eigenvalue weighted by Gasteiger charge is 2.30. The Labute approximate surface area is 537 Å². The number of phosphoric acid groups is 2. The van der Waals surface area contributed by atoms with Crippen LogP contribution in [0.25, 0.3) is 0 Å². The molecule has 0 saturated carbocycles. The molecule has 3 N–H and O–H groups in total. The molecule has 6 atom stereocenters. The molecule has 88 heavy (non-hydrogen) atoms. The summed E-state index contributed by atoms with van der Waals surface area (Å²) < 4.78 is 68.2. The molecule has 0 rings (SSSR count). The number of aliphatic hydroxyl groups is 1. The van der Waals surface area contributed by atoms with Gasteiger partial charge in [0.2, 0.25) is 0 Å². The summed E-state index contributed by atoms with van der Waals surface area (Å²) in [5, 5.41) is 10.6. The fraction of sp³-hybridized carbons (Fsp3) is 0.942. The van der Waals surface area contributed by atoms with Crippen molar-refractivity contribution in [1.29, 1.82) is 0 Å². The zero-order valence-corrected chi connectivity index (χ0v) is 59.1. The third-order valence-electron chi connectivity index (χ3n) is 16.2. The van der Waals surface area contributed by atoms with E-state index in [0.29, 0.717) is 25.7 Å². The number of aliphatic hydroxyl groups excluding tert-OH is 1. The molecule has 0 aliphatic rings. The molecule has 4 unspecified atom stereocenters. The standard InChI is InChI=1S/C69H134O17P2/c1-9-62(8)48-40-32-24-14-10-11-15-27-35-43-51-68(73)85-64(55-79-66(71)49-41-33-25-19-17-22-30-38-46-60(4)5)57-83-87(75,76)81-53-63(70)54-82-88(77,78)84-58-65(56-80-67(72)50-42-34-26-20-18-23-31-39-47-61(6)7)86-69(74)52-44-36-28-16-12-13-21-29-37-45-59(2)3/h59-65,70H,9-58H2,1-8H3,(H,75,76)(H,77,78)/t62?,63?,64-,65-/m1/s1. The zero-order valence-electron chi connectivity index (χ0n) is 57.3. The number of rotatable bonds is 66. The fourth-order valence-corrected chi connectivity index (χ4v) is 11.9. The molecule has 0 aromatic carbocycles. The van der Waals surface area contributed by atoms with Crippen LogP contribution in [0.5, 0.6) is 0 Å². The van der Waals surface area contributed by atoms with Crippen molar-refractivity contribution in [2.24, 2.45) is 23.7 Å². The predicted octanol–water partition coefficient (Wildman–Crippen LogP) is 19.3. The molecular formula is C69H134O17P2. The molecule has 0 heterocycles. The molecule has 0 aliphatic carbocycles. The molecule has 19 heteroatoms. The summed E-state index contributed by atoms with van der Waals surface area (Å²) in [6.45, 7) is 14.1. The van der Waals surface area contributed by atoms with E-state index in [9.17, 15) is 43.2 Å². The van der Waals surface area contributed by atoms with Crippen LogP contribution in [0.2, 0.25) is 0 Å². The third kappa shape index (κ3) is 61.6. The van der Waals surface area contributed by atoms with Gasteiger partial charge in [0.15, 0.2) is 12.2 Å². The van der Waals surface area contributed by atoms with Gasteiger partial charge in [0, 0.05) is 25.7 Å². The van der Waals surface area contributed by atoms with E-state index >= 15 is 0 Å². The molecule has 0 bridgehead atoms. The maximum absolute atomic E-state index is 13.0. The molecule has 0 aromatic heterocycles. The summed E-state index contributed by atoms with van der Waals surface area (Å²) in [5.74, 6) is 0.860. The number of carbonyl (C=O) groups excluding carboxylic acids is 4. The monoisotopic (exact) mass is 1300 g/mol. The third-order valence-corrected chi connectivity index (χ3v) is 18.1. The van der Waals surface area contributed by atoms with Crippen molar-refractivity contribution in [3.8, 4) is 0 Å². The first-order valence-electron chi connectivity index (χ1n) is 35.7. The molecule has 0 amide bonds. The Hall–Kier alpha value is -1.94. The van der Waals surface area contributed by atoms with Crippen molar-refractivity contribution in [3.63, 3.8) is 0 Å². The van der Waals surface area contributed by atoms with Crippen LogP contribution in [0.3, 0.4) is 0 Å². The van der Waals surface area contributed by atoms with Gasteiger partial charge in [0.25, 0.3) is 0 Å². The maximum Gasteiger partial charge on any atom is 0.472 e. The molecule has 17 nitrogen and oxygen atoms in total. The lowest BCUT2D eigenvalue weighted by Crippen LogP contribution is -2.30. The van der Waals surface area contributed by atoms with E-state index in [1.807, 2.05) is 0 Å². The first kappa shape index (κ1) is 86.1. The summed E-state index contributed by atoms with van der Waals surface area (Å²) in [6, 6.07) is 0. The maximum atomic E-state index is 13.0. The largest absolute Gasteiger partial charge is 0.472 e. The van der Waals surface area contributed by atoms with E-state index in [4.69, 9.17) is 37.0 Å². The summed E-state index contributed by atoms with van der Waals surface area (Å²) in [6.07, 6.45) is 40.3. The number of esters is 4. The second-order valence-corrected chi connectivity index (χ2v) is 29.5. The lowest BCUT2D eigenvalue weighted by atomic mass is 9.99. The summed E-state index contributed by atoms with van der Waals surface area (Å²) in [7, 11) is -9.90. The van der Waals surface area contributed by atoms with E-state index in [2.05, 4.69) is 55.4 Å². The van der Waals surface area contributed by atoms with E-state index in [1.165, 1.54) is 141 Å². The number of ether oxygens (including phenoxy) is 4. The Morgan fingerprint density at radius 3 is 0.807 bits per heavy atom. The zero-order chi connectivity index (χ0) is 65.4. The van der Waals surface area contributed by atoms with Crippen molar-refractivity contribution in [2.45, 2.75) is 356 Å². The lowest BCUT2D eigenvalue weighted by Gasteiger charge is -2.21. The first-order chi connectivity index (χ1) is 42.1. The van der Waals surface area contributed by atoms with Crippen LogP contribution < -0.4 is 0 Å². The highest BCUT2D eigenvalue weighted by atomic mass is 31.2. The van der Waals surface area contributed by atoms with Gasteiger partial charge in [-0.25, -0.2) is 9.13 Å². The number of carbonyl (C=O) groups is 4. The Balaban J connectivity index is 5.27. The minimum absolute atomic E-state index is 0.104. The Bertz CT molecular complexity index is 1750. The van der Waals surface area contributed by atoms with E-state index in [1.54, 1.807) is 0 Å². The summed E-state index contributed by atoms with van der Waals surface area (Å²) >= 11 is 0. The molecule has 0 aromatic rings. The second kappa shape index (κ2) is 58.8. The first-order valence-corrected chi connectivity index (χ1v) is 38.7. The highest BCUT2D eigenvalue weighted by molar-refractivity contribution is 7.47. The molecule has 0 saturated heterocycles. The van der Waals surface area contributed by atoms with Gasteiger partial charge in [-0.05, 0) is 49.4 Å². The quantitative estimate of drug-likeness (QED) is 0.0222. The minimum Gasteiger partial charge on any atom is -0.462 e. The number of phosphoric ester groups is 2. The normalized spacial score (nSPS) is 14.6. The van der Waals surface area contributed by atoms with Crippen LogP contribution in [0.15, 0.2) is 0 Å². The van der Waals surface area contributed by atoms with Crippen LogP contribution >= 0.6 is 15.6 Å². The van der Waals surface area contributed by atoms with Gasteiger partial charge >= 0.3 is 39.5 Å². The van der Waals surface area contributed by atoms with Crippen LogP contribution in [-0.4, -0.2) is 96.7 Å². The van der Waals surface area contributed by atoms with Crippen LogP contribution in [0.1, 0.15) is 338 Å². The number of unbranched alkanes of at least 4 members (excludes halogenated alkanes) is 31. The summed E-state index contributed by atoms with van der Waals surface area (Å²) in [4.78, 5) is 72.5. The molecule has 0 fully saturated rings. The topological polar surface area (TPSA) is 237 Å². The summed E-state index contributed by atoms with van der Waals surface area (Å²) in [5.41, 5.74) is 0. The van der Waals surface area contributed by atoms with E-state index in [0.717, 1.165) is 114 Å². The van der Waals surface area contributed by atoms with E-state index < -0.39 is 97.5 Å². The highest BCUT2D eigenvalue weighted by Crippen LogP contribution is 2.45. The van der Waals surface area contributed by atoms with Crippen molar-refractivity contribution in [2.75, 3.05) is 39.6 Å². The van der Waals surface area contributed by atoms with Crippen LogP contribution in [0, 0.1) is 23.7 Å². The van der Waals surface area contributed by atoms with Gasteiger partial charge in [-0.1, -0.05) is 287 Å². The van der Waals surface area contributed by atoms with Gasteiger partial charge in [0.1, 0.15) is 19.3 Å². The Morgan fingerprint density at radius 2 is 0.545 bits per heavy atom. The van der Waals surface area contributed by atoms with Crippen LogP contribution in [0.4, 0.5) is 0 Å². The van der Waals surface area contributed by atoms with Gasteiger partial charge in [0.05, 0.1) is 26.4 Å². The van der Waals surface area contributed by atoms with Crippen molar-refractivity contribution < 1.29 is 80.2 Å². The molecular weight excluding hydrogens is 1160 g/mol. The number of hydrogen-bond acceptors (Lipinski definition) is 15. The van der Waals surface area contributed by atoms with Gasteiger partial charge in [-0.15, -0.1) is 0 Å². The van der Waals surface area contributed by atoms with Crippen molar-refractivity contribution >= 4 is 39.5 Å². The van der Waals surface area contributed by atoms with E-state index in [-0.39, 0.29) is 25.7 Å².